The van der Waals surface area contributed by atoms with Gasteiger partial charge >= 0.3 is 13.1 Å². The Morgan fingerprint density at radius 2 is 1.97 bits per heavy atom. The summed E-state index contributed by atoms with van der Waals surface area (Å²) in [6.07, 6.45) is 4.22. The summed E-state index contributed by atoms with van der Waals surface area (Å²) in [4.78, 5) is 14.9. The van der Waals surface area contributed by atoms with E-state index in [4.69, 9.17) is 26.3 Å². The van der Waals surface area contributed by atoms with E-state index >= 15 is 0 Å². The number of hydrogen-bond donors (Lipinski definition) is 0. The van der Waals surface area contributed by atoms with Gasteiger partial charge in [-0.05, 0) is 64.2 Å². The van der Waals surface area contributed by atoms with Crippen LogP contribution in [-0.2, 0) is 18.8 Å². The van der Waals surface area contributed by atoms with E-state index in [2.05, 4.69) is 32.6 Å². The van der Waals surface area contributed by atoms with Crippen molar-refractivity contribution in [1.29, 1.82) is 0 Å². The van der Waals surface area contributed by atoms with Crippen molar-refractivity contribution < 1.29 is 18.8 Å². The fourth-order valence-electron chi connectivity index (χ4n) is 5.57. The Labute approximate surface area is 182 Å². The molecular formula is C22H38BNO4S. The van der Waals surface area contributed by atoms with Crippen LogP contribution in [0.1, 0.15) is 74.1 Å². The monoisotopic (exact) mass is 423 g/mol. The third-order valence-corrected chi connectivity index (χ3v) is 8.14. The number of carbonyl (C=O) groups is 1. The fourth-order valence-corrected chi connectivity index (χ4v) is 5.76. The van der Waals surface area contributed by atoms with Gasteiger partial charge in [0.05, 0.1) is 23.1 Å². The molecule has 1 aliphatic heterocycles. The van der Waals surface area contributed by atoms with Gasteiger partial charge < -0.3 is 18.9 Å². The summed E-state index contributed by atoms with van der Waals surface area (Å²) in [6, 6.07) is 0. The average molecular weight is 423 g/mol. The van der Waals surface area contributed by atoms with Crippen molar-refractivity contribution in [3.8, 4) is 0 Å². The number of hydrogen-bond acceptors (Lipinski definition) is 5. The Kier molecular flexibility index (Phi) is 6.19. The molecule has 0 aromatic heterocycles. The number of ether oxygens (including phenoxy) is 1. The van der Waals surface area contributed by atoms with Crippen LogP contribution in [0.4, 0.5) is 0 Å². The van der Waals surface area contributed by atoms with Crippen LogP contribution >= 0.6 is 12.2 Å². The molecule has 0 amide bonds. The zero-order chi connectivity index (χ0) is 21.8. The van der Waals surface area contributed by atoms with Crippen LogP contribution in [0.2, 0.25) is 0 Å². The third-order valence-electron chi connectivity index (χ3n) is 7.42. The summed E-state index contributed by atoms with van der Waals surface area (Å²) in [6.45, 7) is 14.7. The lowest BCUT2D eigenvalue weighted by molar-refractivity contribution is -0.199. The van der Waals surface area contributed by atoms with Gasteiger partial charge in [-0.15, -0.1) is 0 Å². The highest BCUT2D eigenvalue weighted by molar-refractivity contribution is 7.80. The van der Waals surface area contributed by atoms with E-state index in [1.54, 1.807) is 0 Å². The maximum Gasteiger partial charge on any atom is 0.478 e. The molecule has 29 heavy (non-hydrogen) atoms. The molecule has 3 aliphatic carbocycles. The Bertz CT molecular complexity index is 664. The van der Waals surface area contributed by atoms with Crippen LogP contribution in [0.25, 0.3) is 0 Å². The highest BCUT2D eigenvalue weighted by atomic mass is 32.1. The first-order valence-electron chi connectivity index (χ1n) is 11.0. The van der Waals surface area contributed by atoms with Gasteiger partial charge in [0.25, 0.3) is 0 Å². The summed E-state index contributed by atoms with van der Waals surface area (Å²) in [5.74, 6) is 1.26. The maximum atomic E-state index is 12.0. The van der Waals surface area contributed by atoms with Crippen molar-refractivity contribution in [1.82, 2.24) is 4.90 Å². The molecule has 4 fully saturated rings. The average Bonchev–Trinajstić information content (AvgIpc) is 2.92. The van der Waals surface area contributed by atoms with E-state index < -0.39 is 5.60 Å². The van der Waals surface area contributed by atoms with Crippen molar-refractivity contribution in [2.45, 2.75) is 91.5 Å². The van der Waals surface area contributed by atoms with E-state index in [9.17, 15) is 4.79 Å². The number of rotatable bonds is 6. The molecule has 4 aliphatic rings. The first-order chi connectivity index (χ1) is 13.2. The lowest BCUT2D eigenvalue weighted by Gasteiger charge is -2.64. The molecule has 0 spiro atoms. The van der Waals surface area contributed by atoms with Gasteiger partial charge in [0.1, 0.15) is 5.60 Å². The summed E-state index contributed by atoms with van der Waals surface area (Å²) in [5.41, 5.74) is -0.286. The summed E-state index contributed by atoms with van der Waals surface area (Å²) in [7, 11) is 1.74. The summed E-state index contributed by atoms with van der Waals surface area (Å²) < 4.78 is 18.2. The van der Waals surface area contributed by atoms with Crippen molar-refractivity contribution in [3.63, 3.8) is 0 Å². The summed E-state index contributed by atoms with van der Waals surface area (Å²) in [5, 5.41) is 0. The van der Waals surface area contributed by atoms with E-state index in [0.717, 1.165) is 17.3 Å². The molecule has 0 aromatic rings. The van der Waals surface area contributed by atoms with Crippen molar-refractivity contribution in [3.05, 3.63) is 0 Å². The Balaban J connectivity index is 1.48. The van der Waals surface area contributed by atoms with Crippen LogP contribution in [0, 0.1) is 23.2 Å². The molecule has 0 aromatic carbocycles. The molecule has 5 nitrogen and oxygen atoms in total. The lowest BCUT2D eigenvalue weighted by Crippen LogP contribution is -2.65. The van der Waals surface area contributed by atoms with E-state index in [-0.39, 0.29) is 30.7 Å². The highest BCUT2D eigenvalue weighted by Crippen LogP contribution is 2.65. The predicted octanol–water partition coefficient (Wildman–Crippen LogP) is 4.27. The number of nitrogens with zero attached hydrogens (tertiary/aromatic N) is 1. The minimum Gasteiger partial charge on any atom is -0.460 e. The topological polar surface area (TPSA) is 48.0 Å². The van der Waals surface area contributed by atoms with Gasteiger partial charge in [0.2, 0.25) is 0 Å². The van der Waals surface area contributed by atoms with Gasteiger partial charge in [0, 0.05) is 19.4 Å². The number of esters is 1. The summed E-state index contributed by atoms with van der Waals surface area (Å²) >= 11 is 5.68. The molecule has 1 heterocycles. The SMILES string of the molecule is C[C@@H](CCC(=O)OC(C)(C)C)C(=S)N(C)CB1OC2CC3CC(C3(C)C)[C@@]2(C)O1. The van der Waals surface area contributed by atoms with Gasteiger partial charge in [-0.25, -0.2) is 0 Å². The van der Waals surface area contributed by atoms with E-state index in [0.29, 0.717) is 30.6 Å². The van der Waals surface area contributed by atoms with Gasteiger partial charge in [-0.3, -0.25) is 4.79 Å². The van der Waals surface area contributed by atoms with Crippen LogP contribution in [0.15, 0.2) is 0 Å². The Morgan fingerprint density at radius 1 is 1.31 bits per heavy atom. The quantitative estimate of drug-likeness (QED) is 0.361. The van der Waals surface area contributed by atoms with Crippen LogP contribution in [0.3, 0.4) is 0 Å². The molecule has 0 N–H and O–H groups in total. The largest absolute Gasteiger partial charge is 0.478 e. The maximum absolute atomic E-state index is 12.0. The molecule has 2 bridgehead atoms. The number of carbonyl (C=O) groups excluding carboxylic acids is 1. The molecule has 164 valence electrons. The second-order valence-corrected chi connectivity index (χ2v) is 11.6. The first-order valence-corrected chi connectivity index (χ1v) is 11.4. The molecule has 3 unspecified atom stereocenters. The van der Waals surface area contributed by atoms with Gasteiger partial charge in [-0.2, -0.15) is 0 Å². The van der Waals surface area contributed by atoms with E-state index in [1.807, 2.05) is 27.8 Å². The third kappa shape index (κ3) is 4.52. The van der Waals surface area contributed by atoms with Crippen molar-refractivity contribution in [2.24, 2.45) is 23.2 Å². The fraction of sp³-hybridized carbons (Fsp3) is 0.909. The predicted molar refractivity (Wildman–Crippen MR) is 120 cm³/mol. The molecule has 0 radical (unpaired) electrons. The molecule has 3 saturated carbocycles. The van der Waals surface area contributed by atoms with E-state index in [1.165, 1.54) is 6.42 Å². The van der Waals surface area contributed by atoms with Crippen molar-refractivity contribution >= 4 is 30.3 Å². The molecule has 1 saturated heterocycles. The minimum atomic E-state index is -0.448. The zero-order valence-electron chi connectivity index (χ0n) is 19.4. The lowest BCUT2D eigenvalue weighted by atomic mass is 9.43. The second-order valence-electron chi connectivity index (χ2n) is 11.1. The first kappa shape index (κ1) is 23.0. The van der Waals surface area contributed by atoms with Crippen molar-refractivity contribution in [2.75, 3.05) is 13.5 Å². The standard InChI is InChI=1S/C22H38BNO4S/c1-14(9-10-18(25)26-20(2,3)4)19(29)24(8)13-23-27-17-12-15-11-16(21(15,5)6)22(17,7)28-23/h14-17H,9-13H2,1-8H3/t14-,15?,16?,17?,22+/m0/s1. The molecular weight excluding hydrogens is 385 g/mol. The van der Waals surface area contributed by atoms with Gasteiger partial charge in [0.15, 0.2) is 0 Å². The van der Waals surface area contributed by atoms with Crippen LogP contribution < -0.4 is 0 Å². The highest BCUT2D eigenvalue weighted by Gasteiger charge is 2.67. The normalized spacial score (nSPS) is 33.5. The Morgan fingerprint density at radius 3 is 2.55 bits per heavy atom. The minimum absolute atomic E-state index is 0.119. The molecule has 5 atom stereocenters. The Hall–Kier alpha value is -0.655. The zero-order valence-corrected chi connectivity index (χ0v) is 20.2. The van der Waals surface area contributed by atoms with Gasteiger partial charge in [-0.1, -0.05) is 33.0 Å². The second kappa shape index (κ2) is 7.79. The van der Waals surface area contributed by atoms with Crippen LogP contribution in [0.5, 0.6) is 0 Å². The molecule has 4 rings (SSSR count). The smallest absolute Gasteiger partial charge is 0.460 e. The molecule has 7 heteroatoms. The number of thiocarbonyl (C=S) groups is 1. The van der Waals surface area contributed by atoms with Crippen LogP contribution in [-0.4, -0.2) is 53.8 Å².